The number of para-hydroxylation sites is 1. The molecule has 0 amide bonds. The van der Waals surface area contributed by atoms with Gasteiger partial charge in [0, 0.05) is 43.3 Å². The summed E-state index contributed by atoms with van der Waals surface area (Å²) >= 11 is 0. The summed E-state index contributed by atoms with van der Waals surface area (Å²) in [5, 5.41) is 10.2. The molecule has 1 aliphatic rings. The van der Waals surface area contributed by atoms with Gasteiger partial charge in [0.25, 0.3) is 0 Å². The fourth-order valence-electron chi connectivity index (χ4n) is 3.92. The number of hydrogen-bond acceptors (Lipinski definition) is 4. The van der Waals surface area contributed by atoms with Crippen LogP contribution in [0.2, 0.25) is 0 Å². The SMILES string of the molecule is CCn1c(CN(C)CCn2ccc3ccccc32)nnc1C1CC(N)C1. The number of nitrogens with two attached hydrogens (primary N) is 1. The van der Waals surface area contributed by atoms with Gasteiger partial charge >= 0.3 is 0 Å². The van der Waals surface area contributed by atoms with E-state index in [2.05, 4.69) is 74.7 Å². The first-order chi connectivity index (χ1) is 12.7. The van der Waals surface area contributed by atoms with Crippen molar-refractivity contribution < 1.29 is 0 Å². The van der Waals surface area contributed by atoms with E-state index in [0.29, 0.717) is 12.0 Å². The van der Waals surface area contributed by atoms with Crippen molar-refractivity contribution in [3.8, 4) is 0 Å². The Morgan fingerprint density at radius 1 is 1.19 bits per heavy atom. The number of aromatic nitrogens is 4. The van der Waals surface area contributed by atoms with E-state index in [-0.39, 0.29) is 0 Å². The Bertz CT molecular complexity index is 873. The largest absolute Gasteiger partial charge is 0.346 e. The summed E-state index contributed by atoms with van der Waals surface area (Å²) in [6.07, 6.45) is 4.24. The lowest BCUT2D eigenvalue weighted by molar-refractivity contribution is 0.296. The summed E-state index contributed by atoms with van der Waals surface area (Å²) < 4.78 is 4.59. The lowest BCUT2D eigenvalue weighted by Crippen LogP contribution is -2.36. The van der Waals surface area contributed by atoms with Gasteiger partial charge in [0.05, 0.1) is 6.54 Å². The van der Waals surface area contributed by atoms with E-state index in [0.717, 1.165) is 50.7 Å². The minimum Gasteiger partial charge on any atom is -0.346 e. The molecule has 4 rings (SSSR count). The van der Waals surface area contributed by atoms with E-state index < -0.39 is 0 Å². The average molecular weight is 352 g/mol. The van der Waals surface area contributed by atoms with Crippen LogP contribution in [0, 0.1) is 0 Å². The summed E-state index contributed by atoms with van der Waals surface area (Å²) in [5.74, 6) is 2.67. The summed E-state index contributed by atoms with van der Waals surface area (Å²) in [5.41, 5.74) is 7.24. The topological polar surface area (TPSA) is 64.9 Å². The summed E-state index contributed by atoms with van der Waals surface area (Å²) in [7, 11) is 2.15. The zero-order valence-electron chi connectivity index (χ0n) is 15.7. The quantitative estimate of drug-likeness (QED) is 0.710. The predicted octanol–water partition coefficient (Wildman–Crippen LogP) is 2.59. The molecule has 1 aliphatic carbocycles. The molecular weight excluding hydrogens is 324 g/mol. The number of rotatable bonds is 7. The number of benzene rings is 1. The molecule has 1 fully saturated rings. The Kier molecular flexibility index (Phi) is 4.78. The van der Waals surface area contributed by atoms with Crippen molar-refractivity contribution in [1.29, 1.82) is 0 Å². The molecule has 0 aliphatic heterocycles. The Balaban J connectivity index is 1.39. The molecule has 26 heavy (non-hydrogen) atoms. The van der Waals surface area contributed by atoms with Crippen LogP contribution in [-0.2, 0) is 19.6 Å². The van der Waals surface area contributed by atoms with Gasteiger partial charge in [-0.15, -0.1) is 10.2 Å². The summed E-state index contributed by atoms with van der Waals surface area (Å²) in [4.78, 5) is 2.32. The van der Waals surface area contributed by atoms with E-state index in [1.807, 2.05) is 0 Å². The van der Waals surface area contributed by atoms with E-state index in [1.165, 1.54) is 10.9 Å². The third-order valence-electron chi connectivity index (χ3n) is 5.53. The third-order valence-corrected chi connectivity index (χ3v) is 5.53. The average Bonchev–Trinajstić information content (AvgIpc) is 3.21. The second-order valence-corrected chi connectivity index (χ2v) is 7.45. The first-order valence-corrected chi connectivity index (χ1v) is 9.55. The maximum Gasteiger partial charge on any atom is 0.147 e. The van der Waals surface area contributed by atoms with E-state index in [1.54, 1.807) is 0 Å². The monoisotopic (exact) mass is 352 g/mol. The molecule has 6 nitrogen and oxygen atoms in total. The highest BCUT2D eigenvalue weighted by Crippen LogP contribution is 2.34. The summed E-state index contributed by atoms with van der Waals surface area (Å²) in [6.45, 7) is 5.84. The molecular formula is C20H28N6. The molecule has 0 spiro atoms. The number of fused-ring (bicyclic) bond motifs is 1. The molecule has 0 unspecified atom stereocenters. The van der Waals surface area contributed by atoms with E-state index in [4.69, 9.17) is 5.73 Å². The van der Waals surface area contributed by atoms with Crippen molar-refractivity contribution >= 4 is 10.9 Å². The zero-order valence-corrected chi connectivity index (χ0v) is 15.7. The second-order valence-electron chi connectivity index (χ2n) is 7.45. The molecule has 2 heterocycles. The molecule has 3 aromatic rings. The van der Waals surface area contributed by atoms with Crippen LogP contribution < -0.4 is 5.73 Å². The molecule has 6 heteroatoms. The van der Waals surface area contributed by atoms with E-state index in [9.17, 15) is 0 Å². The van der Waals surface area contributed by atoms with Gasteiger partial charge in [0.1, 0.15) is 11.6 Å². The molecule has 0 atom stereocenters. The van der Waals surface area contributed by atoms with Crippen LogP contribution in [0.25, 0.3) is 10.9 Å². The van der Waals surface area contributed by atoms with Crippen molar-refractivity contribution in [1.82, 2.24) is 24.2 Å². The van der Waals surface area contributed by atoms with Crippen LogP contribution in [0.1, 0.15) is 37.3 Å². The minimum atomic E-state index is 0.338. The van der Waals surface area contributed by atoms with Crippen molar-refractivity contribution in [3.05, 3.63) is 48.2 Å². The molecule has 2 aromatic heterocycles. The van der Waals surface area contributed by atoms with Crippen LogP contribution in [0.3, 0.4) is 0 Å². The standard InChI is InChI=1S/C20H28N6/c1-3-26-19(22-23-20(26)16-12-17(21)13-16)14-24(2)10-11-25-9-8-15-6-4-5-7-18(15)25/h4-9,16-17H,3,10-14,21H2,1-2H3. The van der Waals surface area contributed by atoms with Gasteiger partial charge in [0.15, 0.2) is 0 Å². The Morgan fingerprint density at radius 2 is 2.00 bits per heavy atom. The molecule has 0 bridgehead atoms. The number of hydrogen-bond donors (Lipinski definition) is 1. The number of likely N-dealkylation sites (N-methyl/N-ethyl adjacent to an activating group) is 1. The van der Waals surface area contributed by atoms with Crippen molar-refractivity contribution in [2.24, 2.45) is 5.73 Å². The van der Waals surface area contributed by atoms with Crippen molar-refractivity contribution in [2.45, 2.75) is 51.4 Å². The molecule has 1 saturated carbocycles. The maximum atomic E-state index is 5.94. The van der Waals surface area contributed by atoms with Gasteiger partial charge in [-0.2, -0.15) is 0 Å². The minimum absolute atomic E-state index is 0.338. The first-order valence-electron chi connectivity index (χ1n) is 9.55. The Morgan fingerprint density at radius 3 is 2.77 bits per heavy atom. The summed E-state index contributed by atoms with van der Waals surface area (Å²) in [6, 6.07) is 11.0. The highest BCUT2D eigenvalue weighted by molar-refractivity contribution is 5.79. The van der Waals surface area contributed by atoms with Crippen molar-refractivity contribution in [3.63, 3.8) is 0 Å². The Labute approximate surface area is 154 Å². The third kappa shape index (κ3) is 3.27. The van der Waals surface area contributed by atoms with Gasteiger partial charge in [-0.05, 0) is 44.3 Å². The van der Waals surface area contributed by atoms with Crippen LogP contribution in [0.4, 0.5) is 0 Å². The molecule has 138 valence electrons. The lowest BCUT2D eigenvalue weighted by Gasteiger charge is -2.31. The van der Waals surface area contributed by atoms with Gasteiger partial charge in [-0.3, -0.25) is 4.90 Å². The molecule has 2 N–H and O–H groups in total. The van der Waals surface area contributed by atoms with Crippen LogP contribution >= 0.6 is 0 Å². The highest BCUT2D eigenvalue weighted by Gasteiger charge is 2.32. The predicted molar refractivity (Wildman–Crippen MR) is 104 cm³/mol. The fourth-order valence-corrected chi connectivity index (χ4v) is 3.92. The Hall–Kier alpha value is -2.18. The van der Waals surface area contributed by atoms with Gasteiger partial charge in [-0.25, -0.2) is 0 Å². The van der Waals surface area contributed by atoms with Crippen LogP contribution in [-0.4, -0.2) is 43.9 Å². The van der Waals surface area contributed by atoms with E-state index >= 15 is 0 Å². The van der Waals surface area contributed by atoms with Crippen LogP contribution in [0.5, 0.6) is 0 Å². The molecule has 0 saturated heterocycles. The van der Waals surface area contributed by atoms with Crippen LogP contribution in [0.15, 0.2) is 36.5 Å². The normalized spacial score (nSPS) is 20.0. The lowest BCUT2D eigenvalue weighted by atomic mass is 9.80. The van der Waals surface area contributed by atoms with Gasteiger partial charge in [0.2, 0.25) is 0 Å². The smallest absolute Gasteiger partial charge is 0.147 e. The van der Waals surface area contributed by atoms with Crippen molar-refractivity contribution in [2.75, 3.05) is 13.6 Å². The first kappa shape index (κ1) is 17.2. The fraction of sp³-hybridized carbons (Fsp3) is 0.500. The molecule has 1 aromatic carbocycles. The second kappa shape index (κ2) is 7.21. The van der Waals surface area contributed by atoms with Gasteiger partial charge < -0.3 is 14.9 Å². The maximum absolute atomic E-state index is 5.94. The molecule has 0 radical (unpaired) electrons. The highest BCUT2D eigenvalue weighted by atomic mass is 15.3. The van der Waals surface area contributed by atoms with Gasteiger partial charge in [-0.1, -0.05) is 18.2 Å². The number of nitrogens with zero attached hydrogens (tertiary/aromatic N) is 5. The zero-order chi connectivity index (χ0) is 18.1.